The van der Waals surface area contributed by atoms with E-state index in [-0.39, 0.29) is 17.2 Å². The number of nitrogens with zero attached hydrogens (tertiary/aromatic N) is 1. The van der Waals surface area contributed by atoms with Crippen LogP contribution in [0.3, 0.4) is 0 Å². The second kappa shape index (κ2) is 5.86. The third kappa shape index (κ3) is 2.97. The van der Waals surface area contributed by atoms with Crippen molar-refractivity contribution in [1.82, 2.24) is 0 Å². The Labute approximate surface area is 122 Å². The second-order valence-corrected chi connectivity index (χ2v) is 6.46. The topological polar surface area (TPSA) is 46.3 Å². The van der Waals surface area contributed by atoms with Crippen molar-refractivity contribution in [3.63, 3.8) is 0 Å². The average molecular weight is 274 g/mol. The van der Waals surface area contributed by atoms with Gasteiger partial charge in [-0.2, -0.15) is 0 Å². The Kier molecular flexibility index (Phi) is 4.36. The molecule has 2 N–H and O–H groups in total. The third-order valence-electron chi connectivity index (χ3n) is 4.57. The van der Waals surface area contributed by atoms with Crippen LogP contribution < -0.4 is 10.6 Å². The summed E-state index contributed by atoms with van der Waals surface area (Å²) >= 11 is 0. The van der Waals surface area contributed by atoms with E-state index in [1.54, 1.807) is 0 Å². The molecule has 1 aromatic rings. The summed E-state index contributed by atoms with van der Waals surface area (Å²) in [6.45, 7) is 7.16. The Morgan fingerprint density at radius 2 is 2.15 bits per heavy atom. The van der Waals surface area contributed by atoms with E-state index in [4.69, 9.17) is 5.73 Å². The number of nitrogen functional groups attached to an aromatic ring is 1. The molecule has 1 aliphatic rings. The van der Waals surface area contributed by atoms with Crippen molar-refractivity contribution in [1.29, 1.82) is 0 Å². The fourth-order valence-electron chi connectivity index (χ4n) is 3.30. The first kappa shape index (κ1) is 14.9. The molecule has 0 aliphatic heterocycles. The van der Waals surface area contributed by atoms with Gasteiger partial charge in [-0.1, -0.05) is 32.8 Å². The summed E-state index contributed by atoms with van der Waals surface area (Å²) in [6.07, 6.45) is 4.54. The van der Waals surface area contributed by atoms with Gasteiger partial charge < -0.3 is 10.6 Å². The predicted molar refractivity (Wildman–Crippen MR) is 84.6 cm³/mol. The number of hydrogen-bond acceptors (Lipinski definition) is 2. The summed E-state index contributed by atoms with van der Waals surface area (Å²) in [5.41, 5.74) is 7.57. The SMILES string of the molecule is CCN(C(=O)C1CCCCC1(C)C)c1cccc(N)c1. The van der Waals surface area contributed by atoms with Crippen LogP contribution in [0.4, 0.5) is 11.4 Å². The van der Waals surface area contributed by atoms with Gasteiger partial charge in [-0.3, -0.25) is 4.79 Å². The number of rotatable bonds is 3. The van der Waals surface area contributed by atoms with Crippen molar-refractivity contribution in [3.05, 3.63) is 24.3 Å². The summed E-state index contributed by atoms with van der Waals surface area (Å²) in [5, 5.41) is 0. The smallest absolute Gasteiger partial charge is 0.230 e. The number of anilines is 2. The van der Waals surface area contributed by atoms with Gasteiger partial charge in [-0.25, -0.2) is 0 Å². The van der Waals surface area contributed by atoms with E-state index in [0.29, 0.717) is 12.2 Å². The minimum Gasteiger partial charge on any atom is -0.399 e. The molecule has 1 saturated carbocycles. The zero-order chi connectivity index (χ0) is 14.8. The van der Waals surface area contributed by atoms with Crippen molar-refractivity contribution in [2.75, 3.05) is 17.2 Å². The molecule has 20 heavy (non-hydrogen) atoms. The second-order valence-electron chi connectivity index (χ2n) is 6.46. The minimum absolute atomic E-state index is 0.100. The molecule has 1 atom stereocenters. The molecule has 1 aliphatic carbocycles. The molecular weight excluding hydrogens is 248 g/mol. The van der Waals surface area contributed by atoms with Gasteiger partial charge >= 0.3 is 0 Å². The number of amides is 1. The first-order chi connectivity index (χ1) is 9.45. The van der Waals surface area contributed by atoms with Crippen LogP contribution in [-0.4, -0.2) is 12.5 Å². The van der Waals surface area contributed by atoms with E-state index in [0.717, 1.165) is 24.9 Å². The normalized spacial score (nSPS) is 21.4. The number of nitrogens with two attached hydrogens (primary N) is 1. The van der Waals surface area contributed by atoms with Gasteiger partial charge in [-0.15, -0.1) is 0 Å². The van der Waals surface area contributed by atoms with Crippen LogP contribution in [0.1, 0.15) is 46.5 Å². The van der Waals surface area contributed by atoms with Crippen molar-refractivity contribution in [3.8, 4) is 0 Å². The molecule has 3 heteroatoms. The van der Waals surface area contributed by atoms with Crippen LogP contribution in [0.5, 0.6) is 0 Å². The molecular formula is C17H26N2O. The summed E-state index contributed by atoms with van der Waals surface area (Å²) in [7, 11) is 0. The van der Waals surface area contributed by atoms with Crippen LogP contribution in [0.2, 0.25) is 0 Å². The first-order valence-corrected chi connectivity index (χ1v) is 7.62. The molecule has 0 aromatic heterocycles. The summed E-state index contributed by atoms with van der Waals surface area (Å²) in [4.78, 5) is 14.8. The highest BCUT2D eigenvalue weighted by Gasteiger charge is 2.39. The zero-order valence-electron chi connectivity index (χ0n) is 12.9. The Balaban J connectivity index is 2.25. The lowest BCUT2D eigenvalue weighted by Gasteiger charge is -2.40. The summed E-state index contributed by atoms with van der Waals surface area (Å²) in [5.74, 6) is 0.375. The molecule has 1 fully saturated rings. The quantitative estimate of drug-likeness (QED) is 0.851. The molecule has 1 amide bonds. The van der Waals surface area contributed by atoms with Gasteiger partial charge in [0.15, 0.2) is 0 Å². The zero-order valence-corrected chi connectivity index (χ0v) is 12.9. The van der Waals surface area contributed by atoms with E-state index in [2.05, 4.69) is 13.8 Å². The van der Waals surface area contributed by atoms with E-state index < -0.39 is 0 Å². The Hall–Kier alpha value is -1.51. The maximum absolute atomic E-state index is 12.9. The molecule has 110 valence electrons. The van der Waals surface area contributed by atoms with Gasteiger partial charge in [0.2, 0.25) is 5.91 Å². The maximum Gasteiger partial charge on any atom is 0.230 e. The standard InChI is InChI=1S/C17H26N2O/c1-4-19(14-9-7-8-13(18)12-14)16(20)15-10-5-6-11-17(15,2)3/h7-9,12,15H,4-6,10-11,18H2,1-3H3. The third-order valence-corrected chi connectivity index (χ3v) is 4.57. The number of hydrogen-bond donors (Lipinski definition) is 1. The fraction of sp³-hybridized carbons (Fsp3) is 0.588. The molecule has 2 rings (SSSR count). The minimum atomic E-state index is 0.100. The molecule has 0 radical (unpaired) electrons. The van der Waals surface area contributed by atoms with Gasteiger partial charge in [0.05, 0.1) is 0 Å². The maximum atomic E-state index is 12.9. The van der Waals surface area contributed by atoms with E-state index in [1.807, 2.05) is 36.1 Å². The predicted octanol–water partition coefficient (Wildman–Crippen LogP) is 3.84. The Morgan fingerprint density at radius 1 is 1.40 bits per heavy atom. The van der Waals surface area contributed by atoms with Crippen molar-refractivity contribution < 1.29 is 4.79 Å². The largest absolute Gasteiger partial charge is 0.399 e. The molecule has 0 saturated heterocycles. The van der Waals surface area contributed by atoms with E-state index in [9.17, 15) is 4.79 Å². The first-order valence-electron chi connectivity index (χ1n) is 7.62. The number of benzene rings is 1. The highest BCUT2D eigenvalue weighted by molar-refractivity contribution is 5.95. The van der Waals surface area contributed by atoms with Crippen LogP contribution in [0.25, 0.3) is 0 Å². The summed E-state index contributed by atoms with van der Waals surface area (Å²) in [6, 6.07) is 7.61. The Bertz CT molecular complexity index is 482. The number of carbonyl (C=O) groups is 1. The van der Waals surface area contributed by atoms with Crippen molar-refractivity contribution in [2.24, 2.45) is 11.3 Å². The molecule has 1 unspecified atom stereocenters. The molecule has 0 heterocycles. The van der Waals surface area contributed by atoms with Gasteiger partial charge in [0, 0.05) is 23.8 Å². The van der Waals surface area contributed by atoms with Gasteiger partial charge in [-0.05, 0) is 43.4 Å². The highest BCUT2D eigenvalue weighted by Crippen LogP contribution is 2.42. The monoisotopic (exact) mass is 274 g/mol. The molecule has 3 nitrogen and oxygen atoms in total. The summed E-state index contributed by atoms with van der Waals surface area (Å²) < 4.78 is 0. The van der Waals surface area contributed by atoms with Crippen LogP contribution in [-0.2, 0) is 4.79 Å². The van der Waals surface area contributed by atoms with Crippen molar-refractivity contribution in [2.45, 2.75) is 46.5 Å². The van der Waals surface area contributed by atoms with E-state index in [1.165, 1.54) is 6.42 Å². The lowest BCUT2D eigenvalue weighted by molar-refractivity contribution is -0.127. The molecule has 0 bridgehead atoms. The molecule has 1 aromatic carbocycles. The van der Waals surface area contributed by atoms with Crippen molar-refractivity contribution >= 4 is 17.3 Å². The van der Waals surface area contributed by atoms with Crippen LogP contribution >= 0.6 is 0 Å². The highest BCUT2D eigenvalue weighted by atomic mass is 16.2. The average Bonchev–Trinajstić information content (AvgIpc) is 2.39. The lowest BCUT2D eigenvalue weighted by atomic mass is 9.68. The van der Waals surface area contributed by atoms with E-state index >= 15 is 0 Å². The van der Waals surface area contributed by atoms with Gasteiger partial charge in [0.1, 0.15) is 0 Å². The molecule has 0 spiro atoms. The van der Waals surface area contributed by atoms with Gasteiger partial charge in [0.25, 0.3) is 0 Å². The fourth-order valence-corrected chi connectivity index (χ4v) is 3.30. The lowest BCUT2D eigenvalue weighted by Crippen LogP contribution is -2.43. The number of carbonyl (C=O) groups excluding carboxylic acids is 1. The Morgan fingerprint density at radius 3 is 2.75 bits per heavy atom. The van der Waals surface area contributed by atoms with Crippen LogP contribution in [0.15, 0.2) is 24.3 Å². The van der Waals surface area contributed by atoms with Crippen LogP contribution in [0, 0.1) is 11.3 Å².